The Kier molecular flexibility index (Phi) is 4.52. The van der Waals surface area contributed by atoms with E-state index >= 15 is 0 Å². The Morgan fingerprint density at radius 1 is 1.35 bits per heavy atom. The van der Waals surface area contributed by atoms with E-state index in [4.69, 9.17) is 0 Å². The molecule has 2 aromatic rings. The fourth-order valence-corrected chi connectivity index (χ4v) is 2.57. The molecular weight excluding hydrogens is 295 g/mol. The number of anilines is 1. The van der Waals surface area contributed by atoms with Gasteiger partial charge in [0.05, 0.1) is 5.69 Å². The molecule has 0 radical (unpaired) electrons. The number of likely N-dealkylation sites (N-methyl/N-ethyl adjacent to an activating group) is 1. The molecule has 0 atom stereocenters. The van der Waals surface area contributed by atoms with E-state index < -0.39 is 5.82 Å². The number of pyridine rings is 1. The summed E-state index contributed by atoms with van der Waals surface area (Å²) in [4.78, 5) is 20.1. The highest BCUT2D eigenvalue weighted by Crippen LogP contribution is 2.19. The van der Waals surface area contributed by atoms with E-state index in [1.807, 2.05) is 25.4 Å². The fourth-order valence-electron chi connectivity index (χ4n) is 2.57. The Hall–Kier alpha value is -2.47. The van der Waals surface area contributed by atoms with Gasteiger partial charge >= 0.3 is 6.03 Å². The molecule has 23 heavy (non-hydrogen) atoms. The number of rotatable bonds is 4. The highest BCUT2D eigenvalue weighted by Gasteiger charge is 2.33. The van der Waals surface area contributed by atoms with Crippen molar-refractivity contribution in [2.24, 2.45) is 0 Å². The van der Waals surface area contributed by atoms with Gasteiger partial charge in [-0.1, -0.05) is 18.2 Å². The largest absolute Gasteiger partial charge is 0.322 e. The van der Waals surface area contributed by atoms with Crippen molar-refractivity contribution in [3.63, 3.8) is 0 Å². The number of carbonyl (C=O) groups excluding carboxylic acids is 1. The quantitative estimate of drug-likeness (QED) is 0.943. The maximum atomic E-state index is 13.5. The Labute approximate surface area is 134 Å². The summed E-state index contributed by atoms with van der Waals surface area (Å²) < 4.78 is 13.5. The maximum Gasteiger partial charge on any atom is 0.322 e. The van der Waals surface area contributed by atoms with Crippen molar-refractivity contribution in [3.05, 3.63) is 60.2 Å². The van der Waals surface area contributed by atoms with Gasteiger partial charge in [0, 0.05) is 38.1 Å². The molecular formula is C17H19FN4O. The van der Waals surface area contributed by atoms with Gasteiger partial charge in [-0.3, -0.25) is 9.88 Å². The first-order valence-electron chi connectivity index (χ1n) is 7.53. The Morgan fingerprint density at radius 2 is 2.13 bits per heavy atom. The van der Waals surface area contributed by atoms with Crippen LogP contribution in [0.2, 0.25) is 0 Å². The molecule has 0 bridgehead atoms. The summed E-state index contributed by atoms with van der Waals surface area (Å²) in [5, 5.41) is 2.60. The minimum absolute atomic E-state index is 0.213. The number of aromatic nitrogens is 1. The van der Waals surface area contributed by atoms with Crippen molar-refractivity contribution >= 4 is 11.7 Å². The molecule has 120 valence electrons. The van der Waals surface area contributed by atoms with Crippen LogP contribution < -0.4 is 5.32 Å². The van der Waals surface area contributed by atoms with Gasteiger partial charge in [0.2, 0.25) is 0 Å². The third kappa shape index (κ3) is 3.65. The number of benzene rings is 1. The lowest BCUT2D eigenvalue weighted by molar-refractivity contribution is 0.0743. The second-order valence-corrected chi connectivity index (χ2v) is 5.75. The van der Waals surface area contributed by atoms with Gasteiger partial charge in [0.1, 0.15) is 5.82 Å². The van der Waals surface area contributed by atoms with Gasteiger partial charge in [-0.05, 0) is 30.8 Å². The molecule has 1 aliphatic rings. The number of para-hydroxylation sites is 1. The number of nitrogens with zero attached hydrogens (tertiary/aromatic N) is 3. The molecule has 2 amide bonds. The average molecular weight is 314 g/mol. The van der Waals surface area contributed by atoms with Gasteiger partial charge in [-0.2, -0.15) is 0 Å². The summed E-state index contributed by atoms with van der Waals surface area (Å²) in [6, 6.07) is 10.2. The van der Waals surface area contributed by atoms with Gasteiger partial charge in [0.15, 0.2) is 0 Å². The van der Waals surface area contributed by atoms with E-state index in [1.54, 1.807) is 29.3 Å². The van der Waals surface area contributed by atoms with Crippen LogP contribution in [-0.2, 0) is 6.54 Å². The second kappa shape index (κ2) is 6.75. The molecule has 0 aliphatic carbocycles. The van der Waals surface area contributed by atoms with E-state index in [0.717, 1.165) is 12.1 Å². The SMILES string of the molecule is CN(Cc1cccnc1)C1CN(C(=O)Nc2ccccc2F)C1. The molecule has 0 spiro atoms. The van der Waals surface area contributed by atoms with Crippen LogP contribution in [0.1, 0.15) is 5.56 Å². The van der Waals surface area contributed by atoms with Crippen LogP contribution in [0.15, 0.2) is 48.8 Å². The summed E-state index contributed by atoms with van der Waals surface area (Å²) in [6.45, 7) is 2.06. The van der Waals surface area contributed by atoms with Crippen LogP contribution in [0.25, 0.3) is 0 Å². The third-order valence-electron chi connectivity index (χ3n) is 4.04. The van der Waals surface area contributed by atoms with Gasteiger partial charge < -0.3 is 10.2 Å². The zero-order valence-corrected chi connectivity index (χ0v) is 12.9. The summed E-state index contributed by atoms with van der Waals surface area (Å²) >= 11 is 0. The smallest absolute Gasteiger partial charge is 0.321 e. The standard InChI is InChI=1S/C17H19FN4O/c1-21(10-13-5-4-8-19-9-13)14-11-22(12-14)17(23)20-16-7-3-2-6-15(16)18/h2-9,14H,10-12H2,1H3,(H,20,23). The highest BCUT2D eigenvalue weighted by atomic mass is 19.1. The van der Waals surface area contributed by atoms with Gasteiger partial charge in [-0.25, -0.2) is 9.18 Å². The highest BCUT2D eigenvalue weighted by molar-refractivity contribution is 5.90. The molecule has 1 N–H and O–H groups in total. The topological polar surface area (TPSA) is 48.5 Å². The number of urea groups is 1. The lowest BCUT2D eigenvalue weighted by Crippen LogP contribution is -2.60. The molecule has 1 aliphatic heterocycles. The first-order valence-corrected chi connectivity index (χ1v) is 7.53. The van der Waals surface area contributed by atoms with Crippen LogP contribution >= 0.6 is 0 Å². The number of hydrogen-bond donors (Lipinski definition) is 1. The Morgan fingerprint density at radius 3 is 2.83 bits per heavy atom. The predicted octanol–water partition coefficient (Wildman–Crippen LogP) is 2.57. The maximum absolute atomic E-state index is 13.5. The van der Waals surface area contributed by atoms with Crippen LogP contribution in [0.4, 0.5) is 14.9 Å². The number of halogens is 1. The molecule has 2 heterocycles. The molecule has 5 nitrogen and oxygen atoms in total. The summed E-state index contributed by atoms with van der Waals surface area (Å²) in [5.74, 6) is -0.424. The molecule has 3 rings (SSSR count). The van der Waals surface area contributed by atoms with E-state index in [0.29, 0.717) is 19.1 Å². The van der Waals surface area contributed by atoms with Crippen LogP contribution in [0.3, 0.4) is 0 Å². The Bertz CT molecular complexity index is 673. The van der Waals surface area contributed by atoms with Crippen molar-refractivity contribution in [1.82, 2.24) is 14.8 Å². The number of likely N-dealkylation sites (tertiary alicyclic amines) is 1. The van der Waals surface area contributed by atoms with E-state index in [9.17, 15) is 9.18 Å². The normalized spacial score (nSPS) is 14.7. The number of amides is 2. The molecule has 1 aromatic heterocycles. The zero-order chi connectivity index (χ0) is 16.2. The van der Waals surface area contributed by atoms with Gasteiger partial charge in [0.25, 0.3) is 0 Å². The minimum Gasteiger partial charge on any atom is -0.321 e. The van der Waals surface area contributed by atoms with Crippen molar-refractivity contribution in [3.8, 4) is 0 Å². The monoisotopic (exact) mass is 314 g/mol. The molecule has 1 fully saturated rings. The zero-order valence-electron chi connectivity index (χ0n) is 12.9. The van der Waals surface area contributed by atoms with Crippen LogP contribution in [0, 0.1) is 5.82 Å². The third-order valence-corrected chi connectivity index (χ3v) is 4.04. The Balaban J connectivity index is 1.48. The first-order chi connectivity index (χ1) is 11.1. The van der Waals surface area contributed by atoms with Crippen molar-refractivity contribution in [2.75, 3.05) is 25.5 Å². The number of carbonyl (C=O) groups is 1. The van der Waals surface area contributed by atoms with Crippen LogP contribution in [-0.4, -0.2) is 47.0 Å². The first kappa shape index (κ1) is 15.4. The van der Waals surface area contributed by atoms with Crippen molar-refractivity contribution < 1.29 is 9.18 Å². The van der Waals surface area contributed by atoms with E-state index in [1.165, 1.54) is 6.07 Å². The summed E-state index contributed by atoms with van der Waals surface area (Å²) in [5.41, 5.74) is 1.36. The molecule has 1 aromatic carbocycles. The lowest BCUT2D eigenvalue weighted by atomic mass is 10.1. The molecule has 6 heteroatoms. The summed E-state index contributed by atoms with van der Waals surface area (Å²) in [6.07, 6.45) is 3.60. The van der Waals surface area contributed by atoms with Crippen molar-refractivity contribution in [1.29, 1.82) is 0 Å². The number of hydrogen-bond acceptors (Lipinski definition) is 3. The fraction of sp³-hybridized carbons (Fsp3) is 0.294. The van der Waals surface area contributed by atoms with E-state index in [2.05, 4.69) is 15.2 Å². The molecule has 1 saturated heterocycles. The van der Waals surface area contributed by atoms with Crippen molar-refractivity contribution in [2.45, 2.75) is 12.6 Å². The average Bonchev–Trinajstić information content (AvgIpc) is 2.49. The lowest BCUT2D eigenvalue weighted by Gasteiger charge is -2.43. The predicted molar refractivity (Wildman–Crippen MR) is 86.5 cm³/mol. The minimum atomic E-state index is -0.424. The number of nitrogens with one attached hydrogen (secondary N) is 1. The van der Waals surface area contributed by atoms with Gasteiger partial charge in [-0.15, -0.1) is 0 Å². The second-order valence-electron chi connectivity index (χ2n) is 5.75. The molecule has 0 unspecified atom stereocenters. The van der Waals surface area contributed by atoms with Crippen LogP contribution in [0.5, 0.6) is 0 Å². The summed E-state index contributed by atoms with van der Waals surface area (Å²) in [7, 11) is 2.03. The molecule has 0 saturated carbocycles. The van der Waals surface area contributed by atoms with E-state index in [-0.39, 0.29) is 11.7 Å².